The van der Waals surface area contributed by atoms with Gasteiger partial charge in [-0.05, 0) is 23.1 Å². The lowest BCUT2D eigenvalue weighted by Crippen LogP contribution is -2.39. The molecular weight excluding hydrogens is 378 g/mol. The molecule has 1 fully saturated rings. The minimum atomic E-state index is -0.415. The number of piperidine rings is 1. The van der Waals surface area contributed by atoms with Crippen molar-refractivity contribution >= 4 is 29.4 Å². The van der Waals surface area contributed by atoms with E-state index in [-0.39, 0.29) is 17.8 Å². The molecule has 142 valence electrons. The Morgan fingerprint density at radius 3 is 2.64 bits per heavy atom. The minimum Gasteiger partial charge on any atom is -0.367 e. The molecule has 0 bridgehead atoms. The van der Waals surface area contributed by atoms with E-state index in [9.17, 15) is 9.59 Å². The maximum atomic E-state index is 12.2. The van der Waals surface area contributed by atoms with Gasteiger partial charge in [-0.25, -0.2) is 9.67 Å². The number of hydrogen-bond acceptors (Lipinski definition) is 5. The number of nitrogens with one attached hydrogen (secondary N) is 1. The van der Waals surface area contributed by atoms with Crippen LogP contribution in [0.3, 0.4) is 0 Å². The molecule has 1 aliphatic heterocycles. The van der Waals surface area contributed by atoms with E-state index >= 15 is 0 Å². The zero-order valence-corrected chi connectivity index (χ0v) is 15.7. The van der Waals surface area contributed by atoms with Crippen LogP contribution in [-0.2, 0) is 16.1 Å². The summed E-state index contributed by atoms with van der Waals surface area (Å²) in [6.07, 6.45) is 2.37. The molecule has 1 atom stereocenters. The first kappa shape index (κ1) is 18.2. The van der Waals surface area contributed by atoms with Crippen LogP contribution in [0, 0.1) is 0 Å². The van der Waals surface area contributed by atoms with E-state index in [1.165, 1.54) is 0 Å². The van der Waals surface area contributed by atoms with E-state index in [4.69, 9.17) is 17.3 Å². The van der Waals surface area contributed by atoms with Gasteiger partial charge in [0.15, 0.2) is 0 Å². The molecule has 1 aliphatic rings. The topological polar surface area (TPSA) is 103 Å². The third-order valence-electron chi connectivity index (χ3n) is 4.81. The molecule has 8 heteroatoms. The van der Waals surface area contributed by atoms with Crippen LogP contribution >= 0.6 is 11.6 Å². The average Bonchev–Trinajstić information content (AvgIpc) is 3.08. The van der Waals surface area contributed by atoms with Crippen molar-refractivity contribution in [3.63, 3.8) is 0 Å². The molecular formula is C20H18ClN5O2. The van der Waals surface area contributed by atoms with Crippen molar-refractivity contribution < 1.29 is 9.59 Å². The Balaban J connectivity index is 1.59. The van der Waals surface area contributed by atoms with Crippen molar-refractivity contribution in [2.24, 2.45) is 0 Å². The van der Waals surface area contributed by atoms with Gasteiger partial charge in [-0.15, -0.1) is 5.10 Å². The predicted octanol–water partition coefficient (Wildman–Crippen LogP) is 2.75. The molecule has 28 heavy (non-hydrogen) atoms. The number of nitrogens with zero attached hydrogens (tertiary/aromatic N) is 3. The number of benzene rings is 2. The second-order valence-electron chi connectivity index (χ2n) is 6.71. The molecule has 2 aromatic carbocycles. The summed E-state index contributed by atoms with van der Waals surface area (Å²) in [6.45, 7) is 0.564. The van der Waals surface area contributed by atoms with E-state index in [1.54, 1.807) is 11.0 Å². The van der Waals surface area contributed by atoms with Crippen LogP contribution in [0.2, 0.25) is 5.02 Å². The van der Waals surface area contributed by atoms with Crippen LogP contribution in [0.5, 0.6) is 0 Å². The summed E-state index contributed by atoms with van der Waals surface area (Å²) >= 11 is 6.65. The number of hydrogen-bond donors (Lipinski definition) is 2. The molecule has 3 aromatic rings. The van der Waals surface area contributed by atoms with Crippen molar-refractivity contribution in [1.29, 1.82) is 0 Å². The van der Waals surface area contributed by atoms with E-state index in [2.05, 4.69) is 15.4 Å². The van der Waals surface area contributed by atoms with Gasteiger partial charge in [-0.3, -0.25) is 14.9 Å². The number of imide groups is 1. The Kier molecular flexibility index (Phi) is 4.83. The highest BCUT2D eigenvalue weighted by Crippen LogP contribution is 2.37. The molecule has 4 rings (SSSR count). The number of halogens is 1. The third-order valence-corrected chi connectivity index (χ3v) is 5.23. The number of carbonyl (C=O) groups is 2. The van der Waals surface area contributed by atoms with Crippen LogP contribution in [0.25, 0.3) is 11.1 Å². The number of rotatable bonds is 4. The highest BCUT2D eigenvalue weighted by atomic mass is 35.5. The lowest BCUT2D eigenvalue weighted by Gasteiger charge is -2.23. The minimum absolute atomic E-state index is 0.238. The van der Waals surface area contributed by atoms with Gasteiger partial charge in [0.05, 0.1) is 17.5 Å². The molecule has 0 radical (unpaired) electrons. The van der Waals surface area contributed by atoms with Crippen molar-refractivity contribution in [1.82, 2.24) is 20.1 Å². The van der Waals surface area contributed by atoms with Gasteiger partial charge in [0.2, 0.25) is 17.8 Å². The third kappa shape index (κ3) is 3.61. The number of aromatic nitrogens is 3. The quantitative estimate of drug-likeness (QED) is 0.661. The van der Waals surface area contributed by atoms with Gasteiger partial charge in [0.25, 0.3) is 0 Å². The van der Waals surface area contributed by atoms with E-state index in [0.29, 0.717) is 24.4 Å². The first-order valence-corrected chi connectivity index (χ1v) is 9.25. The zero-order valence-electron chi connectivity index (χ0n) is 14.9. The molecule has 0 spiro atoms. The summed E-state index contributed by atoms with van der Waals surface area (Å²) in [5.74, 6) is -0.702. The van der Waals surface area contributed by atoms with E-state index in [0.717, 1.165) is 22.3 Å². The first-order chi connectivity index (χ1) is 13.5. The van der Waals surface area contributed by atoms with E-state index < -0.39 is 5.92 Å². The first-order valence-electron chi connectivity index (χ1n) is 8.87. The summed E-state index contributed by atoms with van der Waals surface area (Å²) in [4.78, 5) is 27.5. The number of nitrogens with two attached hydrogens (primary N) is 1. The Morgan fingerprint density at radius 2 is 1.96 bits per heavy atom. The monoisotopic (exact) mass is 395 g/mol. The van der Waals surface area contributed by atoms with Gasteiger partial charge in [0, 0.05) is 12.0 Å². The normalized spacial score (nSPS) is 16.8. The van der Waals surface area contributed by atoms with Gasteiger partial charge >= 0.3 is 0 Å². The number of anilines is 1. The summed E-state index contributed by atoms with van der Waals surface area (Å²) in [5.41, 5.74) is 9.12. The van der Waals surface area contributed by atoms with Gasteiger partial charge < -0.3 is 5.73 Å². The SMILES string of the molecule is Nc1ncn(Cc2ccc(-c3cccc(C4CCC(=O)NC4=O)c3Cl)cc2)n1. The molecule has 2 heterocycles. The molecule has 1 unspecified atom stereocenters. The fraction of sp³-hybridized carbons (Fsp3) is 0.200. The van der Waals surface area contributed by atoms with Gasteiger partial charge in [-0.2, -0.15) is 0 Å². The van der Waals surface area contributed by atoms with Crippen molar-refractivity contribution in [2.45, 2.75) is 25.3 Å². The molecule has 1 aromatic heterocycles. The predicted molar refractivity (Wildman–Crippen MR) is 106 cm³/mol. The van der Waals surface area contributed by atoms with Gasteiger partial charge in [-0.1, -0.05) is 54.1 Å². The Hall–Kier alpha value is -3.19. The molecule has 1 saturated heterocycles. The molecule has 2 amide bonds. The summed E-state index contributed by atoms with van der Waals surface area (Å²) < 4.78 is 1.67. The number of amides is 2. The summed E-state index contributed by atoms with van der Waals surface area (Å²) in [7, 11) is 0. The fourth-order valence-electron chi connectivity index (χ4n) is 3.39. The fourth-order valence-corrected chi connectivity index (χ4v) is 3.76. The summed E-state index contributed by atoms with van der Waals surface area (Å²) in [6, 6.07) is 13.6. The van der Waals surface area contributed by atoms with Crippen LogP contribution < -0.4 is 11.1 Å². The largest absolute Gasteiger partial charge is 0.367 e. The van der Waals surface area contributed by atoms with Crippen molar-refractivity contribution in [3.05, 3.63) is 64.9 Å². The van der Waals surface area contributed by atoms with Crippen LogP contribution in [0.4, 0.5) is 5.95 Å². The summed E-state index contributed by atoms with van der Waals surface area (Å²) in [5, 5.41) is 7.00. The van der Waals surface area contributed by atoms with E-state index in [1.807, 2.05) is 42.5 Å². The van der Waals surface area contributed by atoms with Crippen molar-refractivity contribution in [3.8, 4) is 11.1 Å². The molecule has 0 aliphatic carbocycles. The molecule has 7 nitrogen and oxygen atoms in total. The lowest BCUT2D eigenvalue weighted by atomic mass is 9.88. The molecule has 3 N–H and O–H groups in total. The number of carbonyl (C=O) groups excluding carboxylic acids is 2. The van der Waals surface area contributed by atoms with Crippen LogP contribution in [-0.4, -0.2) is 26.6 Å². The number of nitrogen functional groups attached to an aromatic ring is 1. The highest BCUT2D eigenvalue weighted by molar-refractivity contribution is 6.34. The Bertz CT molecular complexity index is 1050. The maximum absolute atomic E-state index is 12.2. The standard InChI is InChI=1S/C20H18ClN5O2/c21-18-14(2-1-3-15(18)16-8-9-17(27)24-19(16)28)13-6-4-12(5-7-13)10-26-11-23-20(22)25-26/h1-7,11,16H,8-10H2,(H2,22,25)(H,24,27,28). The van der Waals surface area contributed by atoms with Crippen LogP contribution in [0.1, 0.15) is 29.9 Å². The smallest absolute Gasteiger partial charge is 0.239 e. The Morgan fingerprint density at radius 1 is 1.18 bits per heavy atom. The zero-order chi connectivity index (χ0) is 19.7. The van der Waals surface area contributed by atoms with Gasteiger partial charge in [0.1, 0.15) is 6.33 Å². The second kappa shape index (κ2) is 7.44. The molecule has 0 saturated carbocycles. The highest BCUT2D eigenvalue weighted by Gasteiger charge is 2.30. The second-order valence-corrected chi connectivity index (χ2v) is 7.09. The Labute approximate surface area is 166 Å². The average molecular weight is 396 g/mol. The lowest BCUT2D eigenvalue weighted by molar-refractivity contribution is -0.134. The van der Waals surface area contributed by atoms with Crippen molar-refractivity contribution in [2.75, 3.05) is 5.73 Å². The van der Waals surface area contributed by atoms with Crippen LogP contribution in [0.15, 0.2) is 48.8 Å². The maximum Gasteiger partial charge on any atom is 0.239 e.